The Labute approximate surface area is 129 Å². The normalized spacial score (nSPS) is 11.3. The fraction of sp³-hybridized carbons (Fsp3) is 0.500. The number of hydrogen-bond donors (Lipinski definition) is 1. The second kappa shape index (κ2) is 8.45. The molecule has 0 aliphatic carbocycles. The van der Waals surface area contributed by atoms with Crippen LogP contribution in [0.1, 0.15) is 19.8 Å². The molecule has 2 rings (SSSR count). The van der Waals surface area contributed by atoms with Crippen LogP contribution in [-0.2, 0) is 11.3 Å². The van der Waals surface area contributed by atoms with Crippen LogP contribution in [0.15, 0.2) is 34.9 Å². The first-order chi connectivity index (χ1) is 9.83. The zero-order valence-electron chi connectivity index (χ0n) is 12.1. The molecule has 1 heterocycles. The van der Waals surface area contributed by atoms with E-state index in [2.05, 4.69) is 56.3 Å². The fourth-order valence-corrected chi connectivity index (χ4v) is 2.89. The van der Waals surface area contributed by atoms with E-state index in [9.17, 15) is 0 Å². The third-order valence-corrected chi connectivity index (χ3v) is 4.00. The lowest BCUT2D eigenvalue weighted by Crippen LogP contribution is -2.21. The van der Waals surface area contributed by atoms with E-state index < -0.39 is 0 Å². The van der Waals surface area contributed by atoms with E-state index in [1.54, 1.807) is 0 Å². The minimum Gasteiger partial charge on any atom is -0.382 e. The molecule has 20 heavy (non-hydrogen) atoms. The molecule has 1 aromatic carbocycles. The van der Waals surface area contributed by atoms with E-state index in [-0.39, 0.29) is 0 Å². The lowest BCUT2D eigenvalue weighted by Gasteiger charge is -2.07. The number of fused-ring (bicyclic) bond motifs is 1. The maximum absolute atomic E-state index is 5.32. The highest BCUT2D eigenvalue weighted by atomic mass is 79.9. The molecule has 0 unspecified atom stereocenters. The van der Waals surface area contributed by atoms with E-state index in [1.807, 2.05) is 6.92 Å². The Morgan fingerprint density at radius 2 is 2.05 bits per heavy atom. The van der Waals surface area contributed by atoms with Crippen LogP contribution in [0.3, 0.4) is 0 Å². The van der Waals surface area contributed by atoms with Crippen LogP contribution in [0, 0.1) is 0 Å². The highest BCUT2D eigenvalue weighted by molar-refractivity contribution is 9.10. The molecule has 3 nitrogen and oxygen atoms in total. The van der Waals surface area contributed by atoms with E-state index in [0.717, 1.165) is 39.3 Å². The van der Waals surface area contributed by atoms with Gasteiger partial charge in [-0.05, 0) is 48.3 Å². The monoisotopic (exact) mass is 338 g/mol. The maximum atomic E-state index is 5.32. The molecule has 0 radical (unpaired) electrons. The van der Waals surface area contributed by atoms with Gasteiger partial charge in [0.1, 0.15) is 0 Å². The summed E-state index contributed by atoms with van der Waals surface area (Å²) in [5, 5.41) is 4.77. The first kappa shape index (κ1) is 15.5. The van der Waals surface area contributed by atoms with E-state index >= 15 is 0 Å². The molecule has 1 N–H and O–H groups in total. The van der Waals surface area contributed by atoms with Crippen molar-refractivity contribution in [1.29, 1.82) is 0 Å². The Morgan fingerprint density at radius 3 is 2.90 bits per heavy atom. The summed E-state index contributed by atoms with van der Waals surface area (Å²) in [6.07, 6.45) is 4.48. The van der Waals surface area contributed by atoms with E-state index in [0.29, 0.717) is 0 Å². The van der Waals surface area contributed by atoms with Crippen molar-refractivity contribution in [2.45, 2.75) is 26.3 Å². The highest BCUT2D eigenvalue weighted by Crippen LogP contribution is 2.25. The number of aromatic nitrogens is 1. The van der Waals surface area contributed by atoms with Crippen LogP contribution in [-0.4, -0.2) is 30.9 Å². The van der Waals surface area contributed by atoms with Crippen LogP contribution in [0.25, 0.3) is 10.9 Å². The largest absolute Gasteiger partial charge is 0.382 e. The van der Waals surface area contributed by atoms with Crippen LogP contribution in [0.2, 0.25) is 0 Å². The predicted molar refractivity (Wildman–Crippen MR) is 88.2 cm³/mol. The third-order valence-electron chi connectivity index (χ3n) is 3.37. The average molecular weight is 339 g/mol. The zero-order chi connectivity index (χ0) is 14.2. The number of benzene rings is 1. The molecule has 0 amide bonds. The molecule has 0 atom stereocenters. The van der Waals surface area contributed by atoms with Gasteiger partial charge in [-0.2, -0.15) is 0 Å². The summed E-state index contributed by atoms with van der Waals surface area (Å²) >= 11 is 3.62. The Balaban J connectivity index is 1.71. The van der Waals surface area contributed by atoms with Crippen molar-refractivity contribution in [3.63, 3.8) is 0 Å². The van der Waals surface area contributed by atoms with Crippen LogP contribution in [0.5, 0.6) is 0 Å². The van der Waals surface area contributed by atoms with E-state index in [4.69, 9.17) is 4.74 Å². The molecule has 1 aromatic heterocycles. The van der Waals surface area contributed by atoms with Gasteiger partial charge < -0.3 is 14.6 Å². The summed E-state index contributed by atoms with van der Waals surface area (Å²) in [5.41, 5.74) is 1.29. The Hall–Kier alpha value is -0.840. The quantitative estimate of drug-likeness (QED) is 0.703. The summed E-state index contributed by atoms with van der Waals surface area (Å²) < 4.78 is 8.79. The molecule has 0 aliphatic heterocycles. The molecule has 2 aromatic rings. The van der Waals surface area contributed by atoms with Crippen molar-refractivity contribution in [3.8, 4) is 0 Å². The van der Waals surface area contributed by atoms with Crippen LogP contribution >= 0.6 is 15.9 Å². The number of unbranched alkanes of at least 4 members (excludes halogenated alkanes) is 1. The fourth-order valence-electron chi connectivity index (χ4n) is 2.31. The standard InChI is InChI=1S/C16H23BrN2O/c1-2-20-12-6-5-9-18-10-11-19-13-15(17)14-7-3-4-8-16(14)19/h3-4,7-8,13,18H,2,5-6,9-12H2,1H3. The van der Waals surface area contributed by atoms with Crippen LogP contribution in [0.4, 0.5) is 0 Å². The lowest BCUT2D eigenvalue weighted by molar-refractivity contribution is 0.143. The summed E-state index contributed by atoms with van der Waals surface area (Å²) in [6, 6.07) is 8.49. The number of nitrogens with one attached hydrogen (secondary N) is 1. The third kappa shape index (κ3) is 4.33. The maximum Gasteiger partial charge on any atom is 0.0492 e. The average Bonchev–Trinajstić information content (AvgIpc) is 2.79. The Kier molecular flexibility index (Phi) is 6.57. The molecule has 0 spiro atoms. The van der Waals surface area contributed by atoms with Gasteiger partial charge >= 0.3 is 0 Å². The molecule has 0 saturated heterocycles. The lowest BCUT2D eigenvalue weighted by atomic mass is 10.2. The first-order valence-electron chi connectivity index (χ1n) is 7.34. The molecule has 0 bridgehead atoms. The topological polar surface area (TPSA) is 26.2 Å². The first-order valence-corrected chi connectivity index (χ1v) is 8.14. The molecular weight excluding hydrogens is 316 g/mol. The number of hydrogen-bond acceptors (Lipinski definition) is 2. The van der Waals surface area contributed by atoms with Crippen molar-refractivity contribution in [1.82, 2.24) is 9.88 Å². The minimum absolute atomic E-state index is 0.822. The van der Waals surface area contributed by atoms with Gasteiger partial charge in [-0.3, -0.25) is 0 Å². The molecule has 0 aliphatic rings. The zero-order valence-corrected chi connectivity index (χ0v) is 13.7. The van der Waals surface area contributed by atoms with E-state index in [1.165, 1.54) is 21.8 Å². The number of ether oxygens (including phenoxy) is 1. The molecule has 4 heteroatoms. The summed E-state index contributed by atoms with van der Waals surface area (Å²) in [4.78, 5) is 0. The van der Waals surface area contributed by atoms with Crippen LogP contribution < -0.4 is 5.32 Å². The van der Waals surface area contributed by atoms with Gasteiger partial charge in [-0.15, -0.1) is 0 Å². The summed E-state index contributed by atoms with van der Waals surface area (Å²) in [7, 11) is 0. The van der Waals surface area contributed by atoms with Crippen molar-refractivity contribution in [2.24, 2.45) is 0 Å². The summed E-state index contributed by atoms with van der Waals surface area (Å²) in [5.74, 6) is 0. The molecule has 0 fully saturated rings. The highest BCUT2D eigenvalue weighted by Gasteiger charge is 2.04. The number of nitrogens with zero attached hydrogens (tertiary/aromatic N) is 1. The van der Waals surface area contributed by atoms with Gasteiger partial charge in [0.2, 0.25) is 0 Å². The SMILES string of the molecule is CCOCCCCNCCn1cc(Br)c2ccccc21. The van der Waals surface area contributed by atoms with Gasteiger partial charge in [0.25, 0.3) is 0 Å². The smallest absolute Gasteiger partial charge is 0.0492 e. The number of halogens is 1. The molecular formula is C16H23BrN2O. The Bertz CT molecular complexity index is 524. The Morgan fingerprint density at radius 1 is 1.20 bits per heavy atom. The van der Waals surface area contributed by atoms with Crippen molar-refractivity contribution in [2.75, 3.05) is 26.3 Å². The minimum atomic E-state index is 0.822. The number of para-hydroxylation sites is 1. The van der Waals surface area contributed by atoms with Crippen molar-refractivity contribution >= 4 is 26.8 Å². The van der Waals surface area contributed by atoms with Crippen molar-refractivity contribution in [3.05, 3.63) is 34.9 Å². The van der Waals surface area contributed by atoms with Gasteiger partial charge in [0.05, 0.1) is 0 Å². The predicted octanol–water partition coefficient (Wildman–Crippen LogP) is 3.81. The van der Waals surface area contributed by atoms with Gasteiger partial charge in [0.15, 0.2) is 0 Å². The van der Waals surface area contributed by atoms with Gasteiger partial charge in [-0.25, -0.2) is 0 Å². The van der Waals surface area contributed by atoms with Crippen molar-refractivity contribution < 1.29 is 4.74 Å². The molecule has 110 valence electrons. The summed E-state index contributed by atoms with van der Waals surface area (Å²) in [6.45, 7) is 6.80. The second-order valence-corrected chi connectivity index (χ2v) is 5.70. The second-order valence-electron chi connectivity index (χ2n) is 4.84. The molecule has 0 saturated carbocycles. The van der Waals surface area contributed by atoms with Gasteiger partial charge in [-0.1, -0.05) is 18.2 Å². The van der Waals surface area contributed by atoms with Gasteiger partial charge in [0, 0.05) is 47.9 Å². The number of rotatable bonds is 9.